The lowest BCUT2D eigenvalue weighted by atomic mass is 10.1. The zero-order valence-electron chi connectivity index (χ0n) is 12.0. The summed E-state index contributed by atoms with van der Waals surface area (Å²) in [5.74, 6) is 0. The quantitative estimate of drug-likeness (QED) is 0.535. The first-order valence-electron chi connectivity index (χ1n) is 6.36. The van der Waals surface area contributed by atoms with E-state index in [1.165, 1.54) is 35.2 Å². The molecule has 10 heteroatoms. The molecule has 0 N–H and O–H groups in total. The van der Waals surface area contributed by atoms with Gasteiger partial charge in [0.25, 0.3) is 5.69 Å². The summed E-state index contributed by atoms with van der Waals surface area (Å²) in [7, 11) is 0. The number of thiazole rings is 1. The van der Waals surface area contributed by atoms with E-state index in [-0.39, 0.29) is 11.2 Å². The zero-order chi connectivity index (χ0) is 15.9. The number of non-ortho nitro benzene ring substituents is 1. The van der Waals surface area contributed by atoms with Crippen LogP contribution >= 0.6 is 23.1 Å². The van der Waals surface area contributed by atoms with Crippen LogP contribution in [0.25, 0.3) is 10.2 Å². The van der Waals surface area contributed by atoms with Crippen LogP contribution < -0.4 is 0 Å². The van der Waals surface area contributed by atoms with E-state index in [9.17, 15) is 10.1 Å². The van der Waals surface area contributed by atoms with Crippen molar-refractivity contribution in [2.75, 3.05) is 0 Å². The van der Waals surface area contributed by atoms with Gasteiger partial charge in [-0.25, -0.2) is 9.67 Å². The summed E-state index contributed by atoms with van der Waals surface area (Å²) in [5, 5.41) is 23.2. The number of hydrogen-bond donors (Lipinski definition) is 0. The lowest BCUT2D eigenvalue weighted by molar-refractivity contribution is -0.384. The Kier molecular flexibility index (Phi) is 3.57. The minimum absolute atomic E-state index is 0.0622. The third kappa shape index (κ3) is 2.79. The van der Waals surface area contributed by atoms with Gasteiger partial charge in [0.15, 0.2) is 4.34 Å². The van der Waals surface area contributed by atoms with Crippen molar-refractivity contribution in [3.8, 4) is 0 Å². The first-order chi connectivity index (χ1) is 10.3. The van der Waals surface area contributed by atoms with Crippen LogP contribution in [0.2, 0.25) is 0 Å². The van der Waals surface area contributed by atoms with E-state index in [1.54, 1.807) is 10.7 Å². The Hall–Kier alpha value is -2.07. The van der Waals surface area contributed by atoms with E-state index >= 15 is 0 Å². The molecule has 2 aromatic heterocycles. The first-order valence-corrected chi connectivity index (χ1v) is 7.99. The van der Waals surface area contributed by atoms with E-state index < -0.39 is 4.92 Å². The van der Waals surface area contributed by atoms with Crippen LogP contribution in [-0.4, -0.2) is 30.1 Å². The number of tetrazole rings is 1. The molecule has 0 amide bonds. The molecule has 0 saturated carbocycles. The first kappa shape index (κ1) is 14.9. The maximum Gasteiger partial charge on any atom is 0.270 e. The molecule has 8 nitrogen and oxygen atoms in total. The van der Waals surface area contributed by atoms with Gasteiger partial charge in [0, 0.05) is 12.1 Å². The molecule has 0 unspecified atom stereocenters. The molecule has 114 valence electrons. The molecule has 0 aliphatic carbocycles. The van der Waals surface area contributed by atoms with Gasteiger partial charge in [0.1, 0.15) is 0 Å². The third-order valence-corrected chi connectivity index (χ3v) is 4.83. The molecule has 3 rings (SSSR count). The van der Waals surface area contributed by atoms with Crippen LogP contribution in [0.4, 0.5) is 5.69 Å². The lowest BCUT2D eigenvalue weighted by Gasteiger charge is -2.18. The van der Waals surface area contributed by atoms with Crippen molar-refractivity contribution in [1.29, 1.82) is 0 Å². The number of hydrogen-bond acceptors (Lipinski definition) is 8. The summed E-state index contributed by atoms with van der Waals surface area (Å²) in [6.45, 7) is 6.03. The van der Waals surface area contributed by atoms with Crippen LogP contribution in [0.3, 0.4) is 0 Å². The molecular weight excluding hydrogens is 324 g/mol. The van der Waals surface area contributed by atoms with E-state index in [0.29, 0.717) is 5.16 Å². The van der Waals surface area contributed by atoms with E-state index in [0.717, 1.165) is 14.6 Å². The fourth-order valence-electron chi connectivity index (χ4n) is 1.79. The second-order valence-electron chi connectivity index (χ2n) is 5.54. The highest BCUT2D eigenvalue weighted by Crippen LogP contribution is 2.35. The minimum Gasteiger partial charge on any atom is -0.258 e. The Morgan fingerprint density at radius 3 is 2.82 bits per heavy atom. The third-order valence-electron chi connectivity index (χ3n) is 2.82. The summed E-state index contributed by atoms with van der Waals surface area (Å²) in [6.07, 6.45) is 0. The fraction of sp³-hybridized carbons (Fsp3) is 0.333. The van der Waals surface area contributed by atoms with Crippen molar-refractivity contribution in [2.24, 2.45) is 0 Å². The summed E-state index contributed by atoms with van der Waals surface area (Å²) in [4.78, 5) is 14.9. The largest absolute Gasteiger partial charge is 0.270 e. The number of rotatable bonds is 3. The van der Waals surface area contributed by atoms with Crippen molar-refractivity contribution in [3.63, 3.8) is 0 Å². The highest BCUT2D eigenvalue weighted by Gasteiger charge is 2.21. The number of fused-ring (bicyclic) bond motifs is 1. The molecule has 0 aliphatic heterocycles. The predicted octanol–water partition coefficient (Wildman–Crippen LogP) is 3.10. The number of benzene rings is 1. The van der Waals surface area contributed by atoms with Crippen molar-refractivity contribution in [1.82, 2.24) is 25.2 Å². The molecule has 22 heavy (non-hydrogen) atoms. The van der Waals surface area contributed by atoms with Crippen molar-refractivity contribution in [3.05, 3.63) is 28.3 Å². The van der Waals surface area contributed by atoms with Crippen LogP contribution in [0.5, 0.6) is 0 Å². The Balaban J connectivity index is 1.95. The molecular formula is C12H12N6O2S2. The Bertz CT molecular complexity index is 851. The van der Waals surface area contributed by atoms with E-state index in [2.05, 4.69) is 20.5 Å². The van der Waals surface area contributed by atoms with Gasteiger partial charge in [-0.05, 0) is 49.0 Å². The van der Waals surface area contributed by atoms with Gasteiger partial charge in [-0.15, -0.1) is 16.4 Å². The second kappa shape index (κ2) is 5.29. The SMILES string of the molecule is CC(C)(C)n1nnnc1Sc1nc2ccc([N+](=O)[O-])cc2s1. The summed E-state index contributed by atoms with van der Waals surface area (Å²) in [5.41, 5.74) is 0.557. The molecule has 0 atom stereocenters. The van der Waals surface area contributed by atoms with Crippen LogP contribution in [-0.2, 0) is 5.54 Å². The van der Waals surface area contributed by atoms with Gasteiger partial charge >= 0.3 is 0 Å². The molecule has 2 heterocycles. The Morgan fingerprint density at radius 1 is 1.36 bits per heavy atom. The maximum absolute atomic E-state index is 10.8. The Labute approximate surface area is 133 Å². The van der Waals surface area contributed by atoms with E-state index in [4.69, 9.17) is 0 Å². The van der Waals surface area contributed by atoms with Crippen molar-refractivity contribution in [2.45, 2.75) is 35.8 Å². The average molecular weight is 336 g/mol. The molecule has 0 bridgehead atoms. The zero-order valence-corrected chi connectivity index (χ0v) is 13.7. The molecule has 0 spiro atoms. The molecule has 0 aliphatic rings. The molecule has 1 aromatic carbocycles. The number of nitro benzene ring substituents is 1. The predicted molar refractivity (Wildman–Crippen MR) is 83.2 cm³/mol. The van der Waals surface area contributed by atoms with E-state index in [1.807, 2.05) is 20.8 Å². The molecule has 0 fully saturated rings. The van der Waals surface area contributed by atoms with Crippen molar-refractivity contribution < 1.29 is 4.92 Å². The minimum atomic E-state index is -0.411. The standard InChI is InChI=1S/C12H12N6O2S2/c1-12(2,3)17-10(14-15-16-17)22-11-13-8-5-4-7(18(19)20)6-9(8)21-11/h4-6H,1-3H3. The maximum atomic E-state index is 10.8. The van der Waals surface area contributed by atoms with Gasteiger partial charge in [0.2, 0.25) is 5.16 Å². The Morgan fingerprint density at radius 2 is 2.14 bits per heavy atom. The van der Waals surface area contributed by atoms with Crippen molar-refractivity contribution >= 4 is 39.0 Å². The summed E-state index contributed by atoms with van der Waals surface area (Å²) in [6, 6.07) is 4.64. The van der Waals surface area contributed by atoms with Gasteiger partial charge in [0.05, 0.1) is 20.7 Å². The second-order valence-corrected chi connectivity index (χ2v) is 7.78. The normalized spacial score (nSPS) is 12.0. The molecule has 0 saturated heterocycles. The van der Waals surface area contributed by atoms with Crippen LogP contribution in [0.15, 0.2) is 27.7 Å². The van der Waals surface area contributed by atoms with Crippen LogP contribution in [0, 0.1) is 10.1 Å². The number of aromatic nitrogens is 5. The topological polar surface area (TPSA) is 99.6 Å². The molecule has 0 radical (unpaired) electrons. The highest BCUT2D eigenvalue weighted by molar-refractivity contribution is 8.01. The number of nitro groups is 1. The van der Waals surface area contributed by atoms with Gasteiger partial charge < -0.3 is 0 Å². The smallest absolute Gasteiger partial charge is 0.258 e. The van der Waals surface area contributed by atoms with Gasteiger partial charge in [-0.3, -0.25) is 10.1 Å². The monoisotopic (exact) mass is 336 g/mol. The summed E-state index contributed by atoms with van der Waals surface area (Å²) < 4.78 is 3.24. The van der Waals surface area contributed by atoms with Gasteiger partial charge in [-0.2, -0.15) is 0 Å². The molecule has 3 aromatic rings. The number of nitrogens with zero attached hydrogens (tertiary/aromatic N) is 6. The highest BCUT2D eigenvalue weighted by atomic mass is 32.2. The van der Waals surface area contributed by atoms with Crippen LogP contribution in [0.1, 0.15) is 20.8 Å². The van der Waals surface area contributed by atoms with Gasteiger partial charge in [-0.1, -0.05) is 0 Å². The lowest BCUT2D eigenvalue weighted by Crippen LogP contribution is -2.24. The summed E-state index contributed by atoms with van der Waals surface area (Å²) >= 11 is 2.74. The average Bonchev–Trinajstić information content (AvgIpc) is 3.03. The fourth-order valence-corrected chi connectivity index (χ4v) is 3.96.